The Labute approximate surface area is 117 Å². The van der Waals surface area contributed by atoms with Gasteiger partial charge in [-0.1, -0.05) is 23.2 Å². The molecule has 0 radical (unpaired) electrons. The molecule has 0 aliphatic rings. The molecule has 0 saturated heterocycles. The molecule has 0 saturated carbocycles. The molecule has 0 amide bonds. The zero-order valence-corrected chi connectivity index (χ0v) is 12.6. The first-order valence-corrected chi connectivity index (χ1v) is 7.37. The van der Waals surface area contributed by atoms with E-state index in [9.17, 15) is 13.5 Å². The van der Waals surface area contributed by atoms with Crippen LogP contribution in [0.2, 0.25) is 10.0 Å². The van der Waals surface area contributed by atoms with Gasteiger partial charge in [0.1, 0.15) is 0 Å². The molecule has 18 heavy (non-hydrogen) atoms. The van der Waals surface area contributed by atoms with Gasteiger partial charge in [0.2, 0.25) is 10.0 Å². The zero-order chi connectivity index (χ0) is 14.1. The maximum atomic E-state index is 12.3. The quantitative estimate of drug-likeness (QED) is 0.929. The summed E-state index contributed by atoms with van der Waals surface area (Å²) in [4.78, 5) is 0.0425. The van der Waals surface area contributed by atoms with Gasteiger partial charge in [0, 0.05) is 7.05 Å². The Morgan fingerprint density at radius 1 is 1.28 bits per heavy atom. The molecule has 4 nitrogen and oxygen atoms in total. The molecule has 0 heterocycles. The number of sulfonamides is 1. The minimum absolute atomic E-state index is 0.0425. The molecule has 0 aliphatic heterocycles. The number of hydrogen-bond donors (Lipinski definition) is 1. The largest absolute Gasteiger partial charge is 0.394 e. The topological polar surface area (TPSA) is 57.6 Å². The van der Waals surface area contributed by atoms with Crippen LogP contribution in [0, 0.1) is 0 Å². The van der Waals surface area contributed by atoms with E-state index in [1.54, 1.807) is 13.8 Å². The Hall–Kier alpha value is -0.330. The molecule has 0 unspecified atom stereocenters. The first-order chi connectivity index (χ1) is 8.13. The van der Waals surface area contributed by atoms with Gasteiger partial charge < -0.3 is 5.11 Å². The third kappa shape index (κ3) is 2.97. The van der Waals surface area contributed by atoms with Crippen LogP contribution >= 0.6 is 23.2 Å². The normalized spacial score (nSPS) is 13.1. The van der Waals surface area contributed by atoms with Crippen LogP contribution in [-0.2, 0) is 10.0 Å². The average molecular weight is 312 g/mol. The molecular weight excluding hydrogens is 297 g/mol. The molecule has 1 rings (SSSR count). The smallest absolute Gasteiger partial charge is 0.243 e. The Bertz CT molecular complexity index is 543. The summed E-state index contributed by atoms with van der Waals surface area (Å²) in [7, 11) is -2.31. The van der Waals surface area contributed by atoms with Crippen molar-refractivity contribution in [3.63, 3.8) is 0 Å². The maximum Gasteiger partial charge on any atom is 0.243 e. The van der Waals surface area contributed by atoms with Gasteiger partial charge in [-0.05, 0) is 32.0 Å². The standard InChI is InChI=1S/C11H15Cl2NO3S/c1-11(2,7-15)14(3)18(16,17)8-4-5-9(12)10(13)6-8/h4-6,15H,7H2,1-3H3. The van der Waals surface area contributed by atoms with Crippen LogP contribution in [0.1, 0.15) is 13.8 Å². The van der Waals surface area contributed by atoms with E-state index in [-0.39, 0.29) is 16.5 Å². The first kappa shape index (κ1) is 15.7. The maximum absolute atomic E-state index is 12.3. The number of nitrogens with zero attached hydrogens (tertiary/aromatic N) is 1. The third-order valence-electron chi connectivity index (χ3n) is 2.79. The molecule has 1 N–H and O–H groups in total. The van der Waals surface area contributed by atoms with E-state index in [4.69, 9.17) is 23.2 Å². The van der Waals surface area contributed by atoms with Crippen molar-refractivity contribution >= 4 is 33.2 Å². The fraction of sp³-hybridized carbons (Fsp3) is 0.455. The number of aliphatic hydroxyl groups is 1. The molecule has 1 aromatic carbocycles. The van der Waals surface area contributed by atoms with Crippen LogP contribution in [0.15, 0.2) is 23.1 Å². The van der Waals surface area contributed by atoms with Crippen molar-refractivity contribution in [2.45, 2.75) is 24.3 Å². The lowest BCUT2D eigenvalue weighted by molar-refractivity contribution is 0.138. The van der Waals surface area contributed by atoms with Crippen molar-refractivity contribution in [2.24, 2.45) is 0 Å². The average Bonchev–Trinajstić information content (AvgIpc) is 2.31. The van der Waals surface area contributed by atoms with Gasteiger partial charge in [0.05, 0.1) is 27.1 Å². The minimum atomic E-state index is -3.72. The van der Waals surface area contributed by atoms with E-state index in [1.165, 1.54) is 25.2 Å². The van der Waals surface area contributed by atoms with Crippen molar-refractivity contribution < 1.29 is 13.5 Å². The van der Waals surface area contributed by atoms with E-state index in [2.05, 4.69) is 0 Å². The molecule has 0 atom stereocenters. The summed E-state index contributed by atoms with van der Waals surface area (Å²) in [5, 5.41) is 9.69. The number of likely N-dealkylation sites (N-methyl/N-ethyl adjacent to an activating group) is 1. The Kier molecular flexibility index (Phi) is 4.67. The molecule has 0 fully saturated rings. The van der Waals surface area contributed by atoms with Crippen molar-refractivity contribution in [2.75, 3.05) is 13.7 Å². The number of aliphatic hydroxyl groups excluding tert-OH is 1. The Morgan fingerprint density at radius 3 is 2.28 bits per heavy atom. The van der Waals surface area contributed by atoms with Gasteiger partial charge in [0.25, 0.3) is 0 Å². The second-order valence-electron chi connectivity index (χ2n) is 4.52. The SMILES string of the molecule is CN(C(C)(C)CO)S(=O)(=O)c1ccc(Cl)c(Cl)c1. The van der Waals surface area contributed by atoms with Crippen LogP contribution in [0.25, 0.3) is 0 Å². The van der Waals surface area contributed by atoms with E-state index in [1.807, 2.05) is 0 Å². The predicted molar refractivity (Wildman–Crippen MR) is 72.6 cm³/mol. The fourth-order valence-corrected chi connectivity index (χ4v) is 3.11. The molecular formula is C11H15Cl2NO3S. The zero-order valence-electron chi connectivity index (χ0n) is 10.3. The van der Waals surface area contributed by atoms with Crippen LogP contribution in [-0.4, -0.2) is 37.0 Å². The second-order valence-corrected chi connectivity index (χ2v) is 7.30. The summed E-state index contributed by atoms with van der Waals surface area (Å²) in [6.07, 6.45) is 0. The van der Waals surface area contributed by atoms with Gasteiger partial charge in [0.15, 0.2) is 0 Å². The lowest BCUT2D eigenvalue weighted by Crippen LogP contribution is -2.47. The second kappa shape index (κ2) is 5.35. The van der Waals surface area contributed by atoms with E-state index >= 15 is 0 Å². The molecule has 102 valence electrons. The first-order valence-electron chi connectivity index (χ1n) is 5.18. The highest BCUT2D eigenvalue weighted by atomic mass is 35.5. The van der Waals surface area contributed by atoms with E-state index in [0.29, 0.717) is 5.02 Å². The van der Waals surface area contributed by atoms with Crippen LogP contribution < -0.4 is 0 Å². The van der Waals surface area contributed by atoms with Crippen LogP contribution in [0.3, 0.4) is 0 Å². The van der Waals surface area contributed by atoms with Crippen molar-refractivity contribution in [3.05, 3.63) is 28.2 Å². The Morgan fingerprint density at radius 2 is 1.83 bits per heavy atom. The lowest BCUT2D eigenvalue weighted by atomic mass is 10.1. The molecule has 0 spiro atoms. The molecule has 0 aromatic heterocycles. The minimum Gasteiger partial charge on any atom is -0.394 e. The monoisotopic (exact) mass is 311 g/mol. The third-order valence-corrected chi connectivity index (χ3v) is 5.59. The fourth-order valence-electron chi connectivity index (χ4n) is 1.22. The highest BCUT2D eigenvalue weighted by Gasteiger charge is 2.33. The van der Waals surface area contributed by atoms with E-state index in [0.717, 1.165) is 4.31 Å². The highest BCUT2D eigenvalue weighted by molar-refractivity contribution is 7.89. The van der Waals surface area contributed by atoms with Crippen molar-refractivity contribution in [3.8, 4) is 0 Å². The van der Waals surface area contributed by atoms with Gasteiger partial charge in [-0.3, -0.25) is 0 Å². The van der Waals surface area contributed by atoms with Gasteiger partial charge in [-0.15, -0.1) is 0 Å². The molecule has 0 bridgehead atoms. The van der Waals surface area contributed by atoms with Crippen molar-refractivity contribution in [1.29, 1.82) is 0 Å². The van der Waals surface area contributed by atoms with Crippen LogP contribution in [0.5, 0.6) is 0 Å². The number of benzene rings is 1. The number of halogens is 2. The predicted octanol–water partition coefficient (Wildman–Crippen LogP) is 2.38. The molecule has 1 aromatic rings. The molecule has 7 heteroatoms. The Balaban J connectivity index is 3.26. The van der Waals surface area contributed by atoms with Gasteiger partial charge in [-0.25, -0.2) is 8.42 Å². The summed E-state index contributed by atoms with van der Waals surface area (Å²) < 4.78 is 25.7. The summed E-state index contributed by atoms with van der Waals surface area (Å²) >= 11 is 11.6. The highest BCUT2D eigenvalue weighted by Crippen LogP contribution is 2.28. The van der Waals surface area contributed by atoms with E-state index < -0.39 is 15.6 Å². The lowest BCUT2D eigenvalue weighted by Gasteiger charge is -2.32. The van der Waals surface area contributed by atoms with Crippen LogP contribution in [0.4, 0.5) is 0 Å². The number of hydrogen-bond acceptors (Lipinski definition) is 3. The summed E-state index contributed by atoms with van der Waals surface area (Å²) in [6, 6.07) is 4.10. The summed E-state index contributed by atoms with van der Waals surface area (Å²) in [5.41, 5.74) is -0.898. The van der Waals surface area contributed by atoms with Crippen molar-refractivity contribution in [1.82, 2.24) is 4.31 Å². The summed E-state index contributed by atoms with van der Waals surface area (Å²) in [5.74, 6) is 0. The number of rotatable bonds is 4. The molecule has 0 aliphatic carbocycles. The van der Waals surface area contributed by atoms with Gasteiger partial charge >= 0.3 is 0 Å². The summed E-state index contributed by atoms with van der Waals surface area (Å²) in [6.45, 7) is 2.97. The van der Waals surface area contributed by atoms with Gasteiger partial charge in [-0.2, -0.15) is 4.31 Å².